The van der Waals surface area contributed by atoms with Crippen LogP contribution in [0.25, 0.3) is 0 Å². The van der Waals surface area contributed by atoms with Gasteiger partial charge in [-0.2, -0.15) is 0 Å². The van der Waals surface area contributed by atoms with Crippen molar-refractivity contribution in [2.45, 2.75) is 39.0 Å². The summed E-state index contributed by atoms with van der Waals surface area (Å²) in [5, 5.41) is 0. The number of carbonyl (C=O) groups excluding carboxylic acids is 1. The number of anilines is 1. The molecular formula is C14H21BrN4O. The van der Waals surface area contributed by atoms with Crippen LogP contribution in [0.15, 0.2) is 10.7 Å². The largest absolute Gasteiger partial charge is 0.370 e. The predicted molar refractivity (Wildman–Crippen MR) is 82.6 cm³/mol. The predicted octanol–water partition coefficient (Wildman–Crippen LogP) is 2.45. The van der Waals surface area contributed by atoms with Crippen molar-refractivity contribution in [3.05, 3.63) is 16.5 Å². The van der Waals surface area contributed by atoms with Crippen LogP contribution < -0.4 is 10.6 Å². The summed E-state index contributed by atoms with van der Waals surface area (Å²) in [6.45, 7) is 6.01. The van der Waals surface area contributed by atoms with Gasteiger partial charge in [0.25, 0.3) is 0 Å². The lowest BCUT2D eigenvalue weighted by atomic mass is 9.93. The molecule has 2 heterocycles. The standard InChI is InChI=1S/C14H21BrN4O/c1-9(2)14-17-11(15)8-13(18-14)19-5-3-10(4-6-19)7-12(16)20/h8-10H,3-7H2,1-2H3,(H2,16,20). The molecule has 1 amide bonds. The molecule has 20 heavy (non-hydrogen) atoms. The van der Waals surface area contributed by atoms with E-state index in [1.54, 1.807) is 0 Å². The van der Waals surface area contributed by atoms with Crippen LogP contribution in [0.2, 0.25) is 0 Å². The molecule has 1 saturated heterocycles. The van der Waals surface area contributed by atoms with E-state index in [1.165, 1.54) is 0 Å². The third-order valence-corrected chi connectivity index (χ3v) is 4.05. The average Bonchev–Trinajstić information content (AvgIpc) is 2.38. The Labute approximate surface area is 128 Å². The zero-order valence-corrected chi connectivity index (χ0v) is 13.6. The fraction of sp³-hybridized carbons (Fsp3) is 0.643. The summed E-state index contributed by atoms with van der Waals surface area (Å²) >= 11 is 3.45. The van der Waals surface area contributed by atoms with Crippen LogP contribution in [0.1, 0.15) is 44.9 Å². The summed E-state index contributed by atoms with van der Waals surface area (Å²) in [4.78, 5) is 22.3. The van der Waals surface area contributed by atoms with E-state index in [2.05, 4.69) is 44.6 Å². The summed E-state index contributed by atoms with van der Waals surface area (Å²) in [6.07, 6.45) is 2.47. The second kappa shape index (κ2) is 6.52. The third-order valence-electron chi connectivity index (χ3n) is 3.64. The summed E-state index contributed by atoms with van der Waals surface area (Å²) in [5.74, 6) is 2.34. The van der Waals surface area contributed by atoms with E-state index in [1.807, 2.05) is 6.07 Å². The Morgan fingerprint density at radius 3 is 2.65 bits per heavy atom. The van der Waals surface area contributed by atoms with Gasteiger partial charge in [-0.15, -0.1) is 0 Å². The Bertz CT molecular complexity index is 484. The van der Waals surface area contributed by atoms with Crippen LogP contribution in [0.3, 0.4) is 0 Å². The molecule has 1 aromatic rings. The lowest BCUT2D eigenvalue weighted by molar-refractivity contribution is -0.119. The van der Waals surface area contributed by atoms with E-state index in [9.17, 15) is 4.79 Å². The molecule has 2 rings (SSSR count). The molecule has 0 spiro atoms. The van der Waals surface area contributed by atoms with Gasteiger partial charge in [0.1, 0.15) is 16.2 Å². The monoisotopic (exact) mass is 340 g/mol. The maximum Gasteiger partial charge on any atom is 0.217 e. The maximum absolute atomic E-state index is 11.0. The number of carbonyl (C=O) groups is 1. The fourth-order valence-corrected chi connectivity index (χ4v) is 2.88. The Hall–Kier alpha value is -1.17. The summed E-state index contributed by atoms with van der Waals surface area (Å²) in [7, 11) is 0. The molecule has 0 radical (unpaired) electrons. The number of aromatic nitrogens is 2. The molecule has 0 atom stereocenters. The molecule has 2 N–H and O–H groups in total. The molecule has 0 unspecified atom stereocenters. The molecule has 1 aliphatic rings. The van der Waals surface area contributed by atoms with E-state index in [-0.39, 0.29) is 5.91 Å². The minimum Gasteiger partial charge on any atom is -0.370 e. The number of piperidine rings is 1. The molecule has 0 aliphatic carbocycles. The normalized spacial score (nSPS) is 16.7. The number of nitrogens with two attached hydrogens (primary N) is 1. The maximum atomic E-state index is 11.0. The van der Waals surface area contributed by atoms with Crippen molar-refractivity contribution in [1.29, 1.82) is 0 Å². The van der Waals surface area contributed by atoms with Gasteiger partial charge < -0.3 is 10.6 Å². The highest BCUT2D eigenvalue weighted by molar-refractivity contribution is 9.10. The van der Waals surface area contributed by atoms with Gasteiger partial charge in [-0.05, 0) is 34.7 Å². The summed E-state index contributed by atoms with van der Waals surface area (Å²) in [5.41, 5.74) is 5.26. The van der Waals surface area contributed by atoms with Gasteiger partial charge in [-0.3, -0.25) is 4.79 Å². The first-order valence-corrected chi connectivity index (χ1v) is 7.82. The van der Waals surface area contributed by atoms with Crippen LogP contribution in [0.5, 0.6) is 0 Å². The molecule has 1 aliphatic heterocycles. The minimum absolute atomic E-state index is 0.199. The number of amides is 1. The van der Waals surface area contributed by atoms with E-state index >= 15 is 0 Å². The lowest BCUT2D eigenvalue weighted by Gasteiger charge is -2.32. The highest BCUT2D eigenvalue weighted by Gasteiger charge is 2.22. The molecule has 0 saturated carbocycles. The number of primary amides is 1. The van der Waals surface area contributed by atoms with E-state index < -0.39 is 0 Å². The van der Waals surface area contributed by atoms with E-state index in [0.29, 0.717) is 18.3 Å². The smallest absolute Gasteiger partial charge is 0.217 e. The van der Waals surface area contributed by atoms with Gasteiger partial charge >= 0.3 is 0 Å². The minimum atomic E-state index is -0.199. The molecule has 0 aromatic carbocycles. The number of rotatable bonds is 4. The second-order valence-electron chi connectivity index (χ2n) is 5.66. The van der Waals surface area contributed by atoms with E-state index in [4.69, 9.17) is 5.73 Å². The van der Waals surface area contributed by atoms with Crippen molar-refractivity contribution in [2.24, 2.45) is 11.7 Å². The zero-order chi connectivity index (χ0) is 14.7. The number of halogens is 1. The van der Waals surface area contributed by atoms with Gasteiger partial charge in [-0.25, -0.2) is 9.97 Å². The van der Waals surface area contributed by atoms with Crippen molar-refractivity contribution in [1.82, 2.24) is 9.97 Å². The molecule has 6 heteroatoms. The molecule has 5 nitrogen and oxygen atoms in total. The fourth-order valence-electron chi connectivity index (χ4n) is 2.49. The molecule has 1 fully saturated rings. The van der Waals surface area contributed by atoms with Crippen LogP contribution in [-0.2, 0) is 4.79 Å². The molecule has 1 aromatic heterocycles. The topological polar surface area (TPSA) is 72.1 Å². The van der Waals surface area contributed by atoms with Crippen molar-refractivity contribution in [3.8, 4) is 0 Å². The summed E-state index contributed by atoms with van der Waals surface area (Å²) in [6, 6.07) is 1.96. The van der Waals surface area contributed by atoms with Gasteiger partial charge in [0.05, 0.1) is 0 Å². The van der Waals surface area contributed by atoms with Gasteiger partial charge in [0, 0.05) is 31.5 Å². The molecule has 110 valence electrons. The van der Waals surface area contributed by atoms with Crippen molar-refractivity contribution >= 4 is 27.7 Å². The Kier molecular flexibility index (Phi) is 4.96. The quantitative estimate of drug-likeness (QED) is 0.854. The highest BCUT2D eigenvalue weighted by Crippen LogP contribution is 2.26. The number of nitrogens with zero attached hydrogens (tertiary/aromatic N) is 3. The third kappa shape index (κ3) is 3.91. The summed E-state index contributed by atoms with van der Waals surface area (Å²) < 4.78 is 0.824. The van der Waals surface area contributed by atoms with Crippen molar-refractivity contribution in [3.63, 3.8) is 0 Å². The first-order valence-electron chi connectivity index (χ1n) is 7.03. The Balaban J connectivity index is 2.05. The Morgan fingerprint density at radius 2 is 2.10 bits per heavy atom. The second-order valence-corrected chi connectivity index (χ2v) is 6.48. The lowest BCUT2D eigenvalue weighted by Crippen LogP contribution is -2.35. The van der Waals surface area contributed by atoms with Gasteiger partial charge in [0.15, 0.2) is 0 Å². The van der Waals surface area contributed by atoms with Gasteiger partial charge in [-0.1, -0.05) is 13.8 Å². The van der Waals surface area contributed by atoms with Crippen molar-refractivity contribution in [2.75, 3.05) is 18.0 Å². The van der Waals surface area contributed by atoms with Crippen LogP contribution in [0, 0.1) is 5.92 Å². The van der Waals surface area contributed by atoms with Gasteiger partial charge in [0.2, 0.25) is 5.91 Å². The first-order chi connectivity index (χ1) is 9.45. The SMILES string of the molecule is CC(C)c1nc(Br)cc(N2CCC(CC(N)=O)CC2)n1. The zero-order valence-electron chi connectivity index (χ0n) is 12.0. The number of hydrogen-bond acceptors (Lipinski definition) is 4. The molecular weight excluding hydrogens is 320 g/mol. The Morgan fingerprint density at radius 1 is 1.45 bits per heavy atom. The highest BCUT2D eigenvalue weighted by atomic mass is 79.9. The van der Waals surface area contributed by atoms with Crippen molar-refractivity contribution < 1.29 is 4.79 Å². The average molecular weight is 341 g/mol. The molecule has 0 bridgehead atoms. The van der Waals surface area contributed by atoms with Crippen LogP contribution in [-0.4, -0.2) is 29.0 Å². The van der Waals surface area contributed by atoms with E-state index in [0.717, 1.165) is 42.2 Å². The number of hydrogen-bond donors (Lipinski definition) is 1. The first kappa shape index (κ1) is 15.2. The van der Waals surface area contributed by atoms with Crippen LogP contribution >= 0.6 is 15.9 Å². The van der Waals surface area contributed by atoms with Crippen LogP contribution in [0.4, 0.5) is 5.82 Å².